The summed E-state index contributed by atoms with van der Waals surface area (Å²) >= 11 is 6.06. The molecule has 2 rings (SSSR count). The second-order valence-electron chi connectivity index (χ2n) is 7.63. The Morgan fingerprint density at radius 3 is 2.23 bits per heavy atom. The highest BCUT2D eigenvalue weighted by Crippen LogP contribution is 2.25. The van der Waals surface area contributed by atoms with Gasteiger partial charge >= 0.3 is 0 Å². The van der Waals surface area contributed by atoms with E-state index in [0.717, 1.165) is 6.42 Å². The Labute approximate surface area is 141 Å². The third kappa shape index (κ3) is 4.97. The lowest BCUT2D eigenvalue weighted by atomic mass is 9.86. The van der Waals surface area contributed by atoms with Gasteiger partial charge in [-0.1, -0.05) is 45.0 Å². The fourth-order valence-electron chi connectivity index (χ4n) is 3.11. The van der Waals surface area contributed by atoms with Gasteiger partial charge in [0.1, 0.15) is 0 Å². The molecule has 0 spiro atoms. The van der Waals surface area contributed by atoms with Crippen molar-refractivity contribution in [3.63, 3.8) is 0 Å². The van der Waals surface area contributed by atoms with Crippen LogP contribution >= 0.6 is 11.6 Å². The molecule has 1 fully saturated rings. The lowest BCUT2D eigenvalue weighted by molar-refractivity contribution is 0.139. The molecule has 0 aromatic heterocycles. The number of alkyl halides is 1. The molecule has 2 nitrogen and oxygen atoms in total. The molecule has 0 aliphatic carbocycles. The second-order valence-corrected chi connectivity index (χ2v) is 7.89. The summed E-state index contributed by atoms with van der Waals surface area (Å²) in [6, 6.07) is 9.06. The Bertz CT molecular complexity index is 447. The van der Waals surface area contributed by atoms with Crippen molar-refractivity contribution in [1.82, 2.24) is 9.80 Å². The predicted octanol–water partition coefficient (Wildman–Crippen LogP) is 3.63. The summed E-state index contributed by atoms with van der Waals surface area (Å²) in [5.41, 5.74) is 2.83. The van der Waals surface area contributed by atoms with Gasteiger partial charge in [0.2, 0.25) is 0 Å². The highest BCUT2D eigenvalue weighted by atomic mass is 35.5. The molecule has 1 aliphatic rings. The molecule has 1 atom stereocenters. The number of benzene rings is 1. The number of hydrogen-bond acceptors (Lipinski definition) is 2. The van der Waals surface area contributed by atoms with Gasteiger partial charge in [0.05, 0.1) is 0 Å². The van der Waals surface area contributed by atoms with Crippen LogP contribution in [0.5, 0.6) is 0 Å². The summed E-state index contributed by atoms with van der Waals surface area (Å²) in [6.45, 7) is 12.8. The number of rotatable bonds is 6. The molecule has 1 aromatic rings. The Balaban J connectivity index is 1.85. The van der Waals surface area contributed by atoms with E-state index < -0.39 is 0 Å². The maximum absolute atomic E-state index is 6.06. The topological polar surface area (TPSA) is 6.48 Å². The zero-order valence-corrected chi connectivity index (χ0v) is 15.4. The normalized spacial score (nSPS) is 19.3. The molecule has 0 bridgehead atoms. The van der Waals surface area contributed by atoms with E-state index in [4.69, 9.17) is 11.6 Å². The van der Waals surface area contributed by atoms with Gasteiger partial charge < -0.3 is 9.80 Å². The minimum absolute atomic E-state index is 0.0610. The quantitative estimate of drug-likeness (QED) is 0.738. The third-order valence-electron chi connectivity index (χ3n) is 4.82. The van der Waals surface area contributed by atoms with E-state index in [1.165, 1.54) is 43.9 Å². The highest BCUT2D eigenvalue weighted by Gasteiger charge is 2.19. The van der Waals surface area contributed by atoms with Crippen LogP contribution in [0.3, 0.4) is 0 Å². The Hall–Kier alpha value is -0.570. The number of hydrogen-bond donors (Lipinski definition) is 0. The van der Waals surface area contributed by atoms with E-state index >= 15 is 0 Å². The number of nitrogens with zero attached hydrogens (tertiary/aromatic N) is 2. The molecule has 0 amide bonds. The monoisotopic (exact) mass is 322 g/mol. The zero-order valence-electron chi connectivity index (χ0n) is 14.6. The molecule has 1 aliphatic heterocycles. The number of piperazine rings is 1. The van der Waals surface area contributed by atoms with Crippen molar-refractivity contribution in [3.05, 3.63) is 35.4 Å². The molecule has 0 radical (unpaired) electrons. The maximum atomic E-state index is 6.06. The molecule has 1 aromatic carbocycles. The van der Waals surface area contributed by atoms with E-state index in [1.54, 1.807) is 0 Å². The molecule has 22 heavy (non-hydrogen) atoms. The first-order valence-electron chi connectivity index (χ1n) is 8.47. The fraction of sp³-hybridized carbons (Fsp3) is 0.684. The molecular weight excluding hydrogens is 292 g/mol. The van der Waals surface area contributed by atoms with E-state index in [0.29, 0.717) is 11.8 Å². The summed E-state index contributed by atoms with van der Waals surface area (Å²) in [5.74, 6) is 1.36. The first kappa shape index (κ1) is 17.8. The van der Waals surface area contributed by atoms with Crippen LogP contribution in [0.2, 0.25) is 0 Å². The highest BCUT2D eigenvalue weighted by molar-refractivity contribution is 6.18. The van der Waals surface area contributed by atoms with Gasteiger partial charge in [0.25, 0.3) is 0 Å². The second kappa shape index (κ2) is 7.81. The van der Waals surface area contributed by atoms with Crippen molar-refractivity contribution < 1.29 is 0 Å². The molecule has 0 saturated carbocycles. The Morgan fingerprint density at radius 1 is 1.09 bits per heavy atom. The molecular formula is C19H31ClN2. The molecule has 1 saturated heterocycles. The van der Waals surface area contributed by atoms with Crippen molar-refractivity contribution in [1.29, 1.82) is 0 Å². The Morgan fingerprint density at radius 2 is 1.68 bits per heavy atom. The summed E-state index contributed by atoms with van der Waals surface area (Å²) in [6.07, 6.45) is 1.16. The van der Waals surface area contributed by atoms with Gasteiger partial charge in [-0.3, -0.25) is 0 Å². The molecule has 3 heteroatoms. The zero-order chi connectivity index (χ0) is 16.2. The van der Waals surface area contributed by atoms with E-state index in [1.807, 2.05) is 0 Å². The standard InChI is InChI=1S/C19H31ClN2/c1-16(14-22-11-9-21(4)10-12-22)13-17-5-7-18(8-6-17)19(2,3)15-20/h5-8,16H,9-15H2,1-4H3. The largest absolute Gasteiger partial charge is 0.304 e. The van der Waals surface area contributed by atoms with Crippen LogP contribution in [-0.4, -0.2) is 55.5 Å². The van der Waals surface area contributed by atoms with Gasteiger partial charge in [-0.25, -0.2) is 0 Å². The van der Waals surface area contributed by atoms with Gasteiger partial charge in [-0.05, 0) is 30.5 Å². The molecule has 1 heterocycles. The summed E-state index contributed by atoms with van der Waals surface area (Å²) in [7, 11) is 2.21. The van der Waals surface area contributed by atoms with Crippen molar-refractivity contribution in [2.45, 2.75) is 32.6 Å². The van der Waals surface area contributed by atoms with Crippen LogP contribution in [0.1, 0.15) is 31.9 Å². The van der Waals surface area contributed by atoms with E-state index in [-0.39, 0.29) is 5.41 Å². The van der Waals surface area contributed by atoms with Crippen molar-refractivity contribution in [3.8, 4) is 0 Å². The fourth-order valence-corrected chi connectivity index (χ4v) is 3.26. The van der Waals surface area contributed by atoms with Crippen LogP contribution in [0, 0.1) is 5.92 Å². The van der Waals surface area contributed by atoms with Crippen molar-refractivity contribution >= 4 is 11.6 Å². The number of halogens is 1. The van der Waals surface area contributed by atoms with Gasteiger partial charge in [-0.15, -0.1) is 11.6 Å². The van der Waals surface area contributed by atoms with Crippen LogP contribution in [0.4, 0.5) is 0 Å². The first-order valence-corrected chi connectivity index (χ1v) is 9.00. The lowest BCUT2D eigenvalue weighted by Crippen LogP contribution is -2.46. The smallest absolute Gasteiger partial charge is 0.0315 e. The molecule has 124 valence electrons. The van der Waals surface area contributed by atoms with Crippen LogP contribution < -0.4 is 0 Å². The first-order chi connectivity index (χ1) is 10.4. The van der Waals surface area contributed by atoms with Crippen LogP contribution in [0.15, 0.2) is 24.3 Å². The van der Waals surface area contributed by atoms with E-state index in [2.05, 4.69) is 61.9 Å². The van der Waals surface area contributed by atoms with Gasteiger partial charge in [0.15, 0.2) is 0 Å². The lowest BCUT2D eigenvalue weighted by Gasteiger charge is -2.34. The van der Waals surface area contributed by atoms with E-state index in [9.17, 15) is 0 Å². The van der Waals surface area contributed by atoms with Crippen molar-refractivity contribution in [2.24, 2.45) is 5.92 Å². The average molecular weight is 323 g/mol. The summed E-state index contributed by atoms with van der Waals surface area (Å²) in [4.78, 5) is 5.02. The SMILES string of the molecule is CC(Cc1ccc(C(C)(C)CCl)cc1)CN1CCN(C)CC1. The summed E-state index contributed by atoms with van der Waals surface area (Å²) < 4.78 is 0. The third-order valence-corrected chi connectivity index (χ3v) is 5.49. The molecule has 1 unspecified atom stereocenters. The summed E-state index contributed by atoms with van der Waals surface area (Å²) in [5, 5.41) is 0. The predicted molar refractivity (Wildman–Crippen MR) is 97.0 cm³/mol. The van der Waals surface area contributed by atoms with Gasteiger partial charge in [0, 0.05) is 44.0 Å². The van der Waals surface area contributed by atoms with Crippen molar-refractivity contribution in [2.75, 3.05) is 45.7 Å². The maximum Gasteiger partial charge on any atom is 0.0315 e. The minimum atomic E-state index is 0.0610. The number of likely N-dealkylation sites (N-methyl/N-ethyl adjacent to an activating group) is 1. The Kier molecular flexibility index (Phi) is 6.31. The average Bonchev–Trinajstić information content (AvgIpc) is 2.50. The molecule has 0 N–H and O–H groups in total. The van der Waals surface area contributed by atoms with Gasteiger partial charge in [-0.2, -0.15) is 0 Å². The van der Waals surface area contributed by atoms with Crippen LogP contribution in [-0.2, 0) is 11.8 Å². The van der Waals surface area contributed by atoms with Crippen LogP contribution in [0.25, 0.3) is 0 Å². The minimum Gasteiger partial charge on any atom is -0.304 e.